The molecule has 2 unspecified atom stereocenters. The van der Waals surface area contributed by atoms with Gasteiger partial charge in [0.05, 0.1) is 25.7 Å². The predicted octanol–water partition coefficient (Wildman–Crippen LogP) is 1.65. The molecule has 1 fully saturated rings. The van der Waals surface area contributed by atoms with E-state index in [4.69, 9.17) is 9.47 Å². The van der Waals surface area contributed by atoms with Crippen LogP contribution in [0.2, 0.25) is 0 Å². The van der Waals surface area contributed by atoms with Crippen molar-refractivity contribution in [2.75, 3.05) is 31.7 Å². The first-order valence-corrected chi connectivity index (χ1v) is 7.09. The topological polar surface area (TPSA) is 59.6 Å². The summed E-state index contributed by atoms with van der Waals surface area (Å²) in [6, 6.07) is 7.53. The Morgan fingerprint density at radius 1 is 1.40 bits per heavy atom. The van der Waals surface area contributed by atoms with Crippen LogP contribution in [0.4, 0.5) is 5.69 Å². The van der Waals surface area contributed by atoms with Gasteiger partial charge in [-0.2, -0.15) is 0 Å². The van der Waals surface area contributed by atoms with E-state index in [2.05, 4.69) is 10.6 Å². The van der Waals surface area contributed by atoms with Crippen LogP contribution in [0.15, 0.2) is 24.3 Å². The molecule has 0 aromatic heterocycles. The minimum atomic E-state index is -0.148. The fourth-order valence-electron chi connectivity index (χ4n) is 2.34. The first kappa shape index (κ1) is 14.8. The van der Waals surface area contributed by atoms with Crippen LogP contribution in [0, 0.1) is 5.92 Å². The molecular weight excluding hydrogens is 256 g/mol. The minimum Gasteiger partial charge on any atom is -0.494 e. The average molecular weight is 278 g/mol. The summed E-state index contributed by atoms with van der Waals surface area (Å²) in [5.74, 6) is 0.601. The molecule has 0 radical (unpaired) electrons. The number of nitrogens with one attached hydrogen (secondary N) is 2. The second-order valence-electron chi connectivity index (χ2n) is 4.76. The Morgan fingerprint density at radius 2 is 2.25 bits per heavy atom. The highest BCUT2D eigenvalue weighted by molar-refractivity contribution is 5.93. The van der Waals surface area contributed by atoms with Gasteiger partial charge in [-0.05, 0) is 25.6 Å². The number of anilines is 1. The third kappa shape index (κ3) is 3.71. The number of carbonyl (C=O) groups is 1. The van der Waals surface area contributed by atoms with Crippen LogP contribution in [-0.4, -0.2) is 38.3 Å². The molecule has 20 heavy (non-hydrogen) atoms. The first-order valence-electron chi connectivity index (χ1n) is 7.09. The van der Waals surface area contributed by atoms with E-state index in [1.54, 1.807) is 0 Å². The molecule has 1 amide bonds. The van der Waals surface area contributed by atoms with Crippen molar-refractivity contribution in [1.82, 2.24) is 5.32 Å². The number of amides is 1. The Bertz CT molecular complexity index is 450. The lowest BCUT2D eigenvalue weighted by molar-refractivity contribution is -0.120. The molecule has 5 heteroatoms. The van der Waals surface area contributed by atoms with Crippen molar-refractivity contribution in [3.63, 3.8) is 0 Å². The van der Waals surface area contributed by atoms with Crippen LogP contribution in [0.1, 0.15) is 13.8 Å². The molecule has 1 aromatic rings. The summed E-state index contributed by atoms with van der Waals surface area (Å²) < 4.78 is 10.8. The molecule has 110 valence electrons. The third-order valence-corrected chi connectivity index (χ3v) is 3.30. The lowest BCUT2D eigenvalue weighted by atomic mass is 10.0. The average Bonchev–Trinajstić information content (AvgIpc) is 2.88. The first-order chi connectivity index (χ1) is 9.74. The molecule has 5 nitrogen and oxygen atoms in total. The summed E-state index contributed by atoms with van der Waals surface area (Å²) in [5.41, 5.74) is 0.753. The molecule has 0 aliphatic carbocycles. The maximum absolute atomic E-state index is 12.3. The van der Waals surface area contributed by atoms with Crippen molar-refractivity contribution >= 4 is 11.6 Å². The smallest absolute Gasteiger partial charge is 0.231 e. The highest BCUT2D eigenvalue weighted by Crippen LogP contribution is 2.20. The zero-order chi connectivity index (χ0) is 14.4. The zero-order valence-corrected chi connectivity index (χ0v) is 12.0. The summed E-state index contributed by atoms with van der Waals surface area (Å²) in [6.45, 7) is 6.45. The van der Waals surface area contributed by atoms with Gasteiger partial charge in [-0.1, -0.05) is 13.0 Å². The van der Waals surface area contributed by atoms with Gasteiger partial charge in [0.2, 0.25) is 5.91 Å². The zero-order valence-electron chi connectivity index (χ0n) is 12.0. The summed E-state index contributed by atoms with van der Waals surface area (Å²) in [7, 11) is 0. The molecule has 1 aromatic carbocycles. The maximum Gasteiger partial charge on any atom is 0.231 e. The van der Waals surface area contributed by atoms with Crippen molar-refractivity contribution in [3.8, 4) is 5.75 Å². The molecule has 1 heterocycles. The number of hydrogen-bond acceptors (Lipinski definition) is 4. The molecule has 1 aliphatic heterocycles. The Morgan fingerprint density at radius 3 is 3.00 bits per heavy atom. The standard InChI is InChI=1S/C15H22N2O3/c1-3-16-14-10-19-9-13(14)15(18)17-11-6-5-7-12(8-11)20-4-2/h5-8,13-14,16H,3-4,9-10H2,1-2H3,(H,17,18). The number of ether oxygens (including phenoxy) is 2. The molecule has 1 aliphatic rings. The lowest BCUT2D eigenvalue weighted by Gasteiger charge is -2.18. The summed E-state index contributed by atoms with van der Waals surface area (Å²) >= 11 is 0. The van der Waals surface area contributed by atoms with Crippen LogP contribution in [0.5, 0.6) is 5.75 Å². The molecule has 2 atom stereocenters. The Hall–Kier alpha value is -1.59. The van der Waals surface area contributed by atoms with Gasteiger partial charge >= 0.3 is 0 Å². The molecule has 0 spiro atoms. The van der Waals surface area contributed by atoms with E-state index >= 15 is 0 Å². The lowest BCUT2D eigenvalue weighted by Crippen LogP contribution is -2.41. The molecular formula is C15H22N2O3. The van der Waals surface area contributed by atoms with Gasteiger partial charge in [0.25, 0.3) is 0 Å². The summed E-state index contributed by atoms with van der Waals surface area (Å²) in [4.78, 5) is 12.3. The largest absolute Gasteiger partial charge is 0.494 e. The molecule has 0 bridgehead atoms. The van der Waals surface area contributed by atoms with Crippen LogP contribution >= 0.6 is 0 Å². The SMILES string of the molecule is CCNC1COCC1C(=O)Nc1cccc(OCC)c1. The van der Waals surface area contributed by atoms with Crippen molar-refractivity contribution in [3.05, 3.63) is 24.3 Å². The van der Waals surface area contributed by atoms with Crippen molar-refractivity contribution in [2.45, 2.75) is 19.9 Å². The molecule has 1 saturated heterocycles. The van der Waals surface area contributed by atoms with Crippen LogP contribution in [0.3, 0.4) is 0 Å². The van der Waals surface area contributed by atoms with Gasteiger partial charge < -0.3 is 20.1 Å². The second kappa shape index (κ2) is 7.26. The fraction of sp³-hybridized carbons (Fsp3) is 0.533. The van der Waals surface area contributed by atoms with E-state index in [0.29, 0.717) is 19.8 Å². The molecule has 2 N–H and O–H groups in total. The van der Waals surface area contributed by atoms with E-state index in [-0.39, 0.29) is 17.9 Å². The fourth-order valence-corrected chi connectivity index (χ4v) is 2.34. The number of rotatable bonds is 6. The Balaban J connectivity index is 1.98. The Labute approximate surface area is 119 Å². The van der Waals surface area contributed by atoms with Crippen molar-refractivity contribution in [1.29, 1.82) is 0 Å². The van der Waals surface area contributed by atoms with Crippen molar-refractivity contribution in [2.24, 2.45) is 5.92 Å². The van der Waals surface area contributed by atoms with E-state index in [9.17, 15) is 4.79 Å². The van der Waals surface area contributed by atoms with Crippen LogP contribution in [0.25, 0.3) is 0 Å². The number of benzene rings is 1. The van der Waals surface area contributed by atoms with E-state index < -0.39 is 0 Å². The summed E-state index contributed by atoms with van der Waals surface area (Å²) in [6.07, 6.45) is 0. The third-order valence-electron chi connectivity index (χ3n) is 3.30. The summed E-state index contributed by atoms with van der Waals surface area (Å²) in [5, 5.41) is 6.21. The van der Waals surface area contributed by atoms with E-state index in [0.717, 1.165) is 18.0 Å². The van der Waals surface area contributed by atoms with Gasteiger partial charge in [0, 0.05) is 17.8 Å². The van der Waals surface area contributed by atoms with Crippen molar-refractivity contribution < 1.29 is 14.3 Å². The minimum absolute atomic E-state index is 0.0119. The van der Waals surface area contributed by atoms with Crippen LogP contribution in [-0.2, 0) is 9.53 Å². The quantitative estimate of drug-likeness (QED) is 0.830. The Kier molecular flexibility index (Phi) is 5.38. The highest BCUT2D eigenvalue weighted by atomic mass is 16.5. The van der Waals surface area contributed by atoms with Gasteiger partial charge in [-0.3, -0.25) is 4.79 Å². The van der Waals surface area contributed by atoms with Crippen LogP contribution < -0.4 is 15.4 Å². The second-order valence-corrected chi connectivity index (χ2v) is 4.76. The number of likely N-dealkylation sites (N-methyl/N-ethyl adjacent to an activating group) is 1. The van der Waals surface area contributed by atoms with Gasteiger partial charge in [-0.15, -0.1) is 0 Å². The number of hydrogen-bond donors (Lipinski definition) is 2. The van der Waals surface area contributed by atoms with Gasteiger partial charge in [0.15, 0.2) is 0 Å². The van der Waals surface area contributed by atoms with E-state index in [1.165, 1.54) is 0 Å². The normalized spacial score (nSPS) is 21.7. The van der Waals surface area contributed by atoms with Gasteiger partial charge in [0.1, 0.15) is 5.75 Å². The maximum atomic E-state index is 12.3. The molecule has 0 saturated carbocycles. The number of carbonyl (C=O) groups excluding carboxylic acids is 1. The monoisotopic (exact) mass is 278 g/mol. The van der Waals surface area contributed by atoms with Gasteiger partial charge in [-0.25, -0.2) is 0 Å². The highest BCUT2D eigenvalue weighted by Gasteiger charge is 2.33. The van der Waals surface area contributed by atoms with E-state index in [1.807, 2.05) is 38.1 Å². The predicted molar refractivity (Wildman–Crippen MR) is 78.0 cm³/mol. The molecule has 2 rings (SSSR count).